The van der Waals surface area contributed by atoms with E-state index in [0.29, 0.717) is 30.2 Å². The maximum atomic E-state index is 12.3. The Morgan fingerprint density at radius 2 is 2.05 bits per heavy atom. The van der Waals surface area contributed by atoms with Gasteiger partial charge in [0.15, 0.2) is 0 Å². The zero-order valence-corrected chi connectivity index (χ0v) is 13.1. The first kappa shape index (κ1) is 16.4. The number of likely N-dealkylation sites (tertiary alicyclic amines) is 1. The summed E-state index contributed by atoms with van der Waals surface area (Å²) < 4.78 is 0. The van der Waals surface area contributed by atoms with Crippen molar-refractivity contribution in [3.05, 3.63) is 0 Å². The van der Waals surface area contributed by atoms with Gasteiger partial charge in [-0.1, -0.05) is 20.3 Å². The van der Waals surface area contributed by atoms with Crippen molar-refractivity contribution < 1.29 is 4.79 Å². The molecule has 3 atom stereocenters. The number of nitrogens with two attached hydrogens (primary N) is 1. The summed E-state index contributed by atoms with van der Waals surface area (Å²) in [6, 6.07) is 0.509. The molecule has 0 bridgehead atoms. The largest absolute Gasteiger partial charge is 0.341 e. The van der Waals surface area contributed by atoms with Gasteiger partial charge in [0.05, 0.1) is 0 Å². The molecule has 0 saturated carbocycles. The maximum Gasteiger partial charge on any atom is 0.222 e. The molecule has 1 amide bonds. The zero-order chi connectivity index (χ0) is 14.4. The van der Waals surface area contributed by atoms with Crippen molar-refractivity contribution >= 4 is 5.91 Å². The SMILES string of the molecule is CCC(CCN)CCC(=O)N1CC(C)C(N(C)C)C1. The number of hydrogen-bond donors (Lipinski definition) is 1. The third-order valence-electron chi connectivity index (χ3n) is 4.51. The summed E-state index contributed by atoms with van der Waals surface area (Å²) in [5, 5.41) is 0. The second-order valence-electron chi connectivity index (χ2n) is 6.20. The highest BCUT2D eigenvalue weighted by Crippen LogP contribution is 2.22. The molecule has 0 aromatic rings. The molecule has 0 aromatic carbocycles. The van der Waals surface area contributed by atoms with E-state index in [4.69, 9.17) is 5.73 Å². The Balaban J connectivity index is 2.38. The standard InChI is InChI=1S/C15H31N3O/c1-5-13(8-9-16)6-7-15(19)18-10-12(2)14(11-18)17(3)4/h12-14H,5-11,16H2,1-4H3. The zero-order valence-electron chi connectivity index (χ0n) is 13.1. The highest BCUT2D eigenvalue weighted by molar-refractivity contribution is 5.76. The van der Waals surface area contributed by atoms with E-state index in [0.717, 1.165) is 38.9 Å². The van der Waals surface area contributed by atoms with Crippen LogP contribution in [0, 0.1) is 11.8 Å². The van der Waals surface area contributed by atoms with Crippen LogP contribution in [0.1, 0.15) is 39.5 Å². The summed E-state index contributed by atoms with van der Waals surface area (Å²) in [4.78, 5) is 16.5. The molecule has 4 heteroatoms. The van der Waals surface area contributed by atoms with Crippen molar-refractivity contribution in [2.24, 2.45) is 17.6 Å². The van der Waals surface area contributed by atoms with E-state index in [-0.39, 0.29) is 0 Å². The Morgan fingerprint density at radius 3 is 2.53 bits per heavy atom. The molecule has 0 spiro atoms. The van der Waals surface area contributed by atoms with Gasteiger partial charge in [-0.2, -0.15) is 0 Å². The molecule has 1 aliphatic heterocycles. The monoisotopic (exact) mass is 269 g/mol. The Kier molecular flexibility index (Phi) is 6.80. The van der Waals surface area contributed by atoms with Crippen LogP contribution in [0.4, 0.5) is 0 Å². The predicted molar refractivity (Wildman–Crippen MR) is 79.9 cm³/mol. The van der Waals surface area contributed by atoms with Crippen LogP contribution < -0.4 is 5.73 Å². The van der Waals surface area contributed by atoms with E-state index < -0.39 is 0 Å². The van der Waals surface area contributed by atoms with Gasteiger partial charge < -0.3 is 15.5 Å². The van der Waals surface area contributed by atoms with Crippen LogP contribution in [0.2, 0.25) is 0 Å². The Hall–Kier alpha value is -0.610. The average Bonchev–Trinajstić information content (AvgIpc) is 2.76. The number of carbonyl (C=O) groups excluding carboxylic acids is 1. The van der Waals surface area contributed by atoms with Gasteiger partial charge in [-0.3, -0.25) is 4.79 Å². The molecule has 112 valence electrons. The topological polar surface area (TPSA) is 49.6 Å². The fraction of sp³-hybridized carbons (Fsp3) is 0.933. The second-order valence-corrected chi connectivity index (χ2v) is 6.20. The minimum atomic E-state index is 0.326. The van der Waals surface area contributed by atoms with Gasteiger partial charge in [0.2, 0.25) is 5.91 Å². The highest BCUT2D eigenvalue weighted by atomic mass is 16.2. The van der Waals surface area contributed by atoms with Gasteiger partial charge >= 0.3 is 0 Å². The summed E-state index contributed by atoms with van der Waals surface area (Å²) in [5.41, 5.74) is 5.60. The summed E-state index contributed by atoms with van der Waals surface area (Å²) in [6.07, 6.45) is 3.84. The summed E-state index contributed by atoms with van der Waals surface area (Å²) in [5.74, 6) is 1.51. The minimum Gasteiger partial charge on any atom is -0.341 e. The fourth-order valence-electron chi connectivity index (χ4n) is 3.10. The van der Waals surface area contributed by atoms with Crippen molar-refractivity contribution in [3.63, 3.8) is 0 Å². The maximum absolute atomic E-state index is 12.3. The smallest absolute Gasteiger partial charge is 0.222 e. The Morgan fingerprint density at radius 1 is 1.37 bits per heavy atom. The lowest BCUT2D eigenvalue weighted by atomic mass is 9.96. The normalized spacial score (nSPS) is 25.1. The van der Waals surface area contributed by atoms with Crippen LogP contribution in [-0.2, 0) is 4.79 Å². The van der Waals surface area contributed by atoms with E-state index in [9.17, 15) is 4.79 Å². The van der Waals surface area contributed by atoms with E-state index in [1.807, 2.05) is 4.90 Å². The van der Waals surface area contributed by atoms with E-state index in [2.05, 4.69) is 32.8 Å². The van der Waals surface area contributed by atoms with Crippen LogP contribution in [0.3, 0.4) is 0 Å². The molecule has 0 aliphatic carbocycles. The third kappa shape index (κ3) is 4.77. The number of rotatable bonds is 7. The number of hydrogen-bond acceptors (Lipinski definition) is 3. The van der Waals surface area contributed by atoms with E-state index in [1.165, 1.54) is 0 Å². The molecule has 2 N–H and O–H groups in total. The van der Waals surface area contributed by atoms with Crippen molar-refractivity contribution in [2.45, 2.75) is 45.6 Å². The van der Waals surface area contributed by atoms with Gasteiger partial charge in [-0.15, -0.1) is 0 Å². The van der Waals surface area contributed by atoms with Crippen LogP contribution in [0.15, 0.2) is 0 Å². The predicted octanol–water partition coefficient (Wildman–Crippen LogP) is 1.55. The molecule has 1 rings (SSSR count). The van der Waals surface area contributed by atoms with Crippen LogP contribution in [-0.4, -0.2) is 55.5 Å². The number of carbonyl (C=O) groups is 1. The second kappa shape index (κ2) is 7.85. The number of likely N-dealkylation sites (N-methyl/N-ethyl adjacent to an activating group) is 1. The first-order chi connectivity index (χ1) is 8.99. The highest BCUT2D eigenvalue weighted by Gasteiger charge is 2.33. The first-order valence-electron chi connectivity index (χ1n) is 7.63. The molecule has 0 radical (unpaired) electrons. The molecule has 1 aliphatic rings. The number of amides is 1. The van der Waals surface area contributed by atoms with Crippen molar-refractivity contribution in [1.29, 1.82) is 0 Å². The third-order valence-corrected chi connectivity index (χ3v) is 4.51. The summed E-state index contributed by atoms with van der Waals surface area (Å²) in [7, 11) is 4.20. The van der Waals surface area contributed by atoms with Gasteiger partial charge in [0.1, 0.15) is 0 Å². The summed E-state index contributed by atoms with van der Waals surface area (Å²) >= 11 is 0. The van der Waals surface area contributed by atoms with Gasteiger partial charge in [-0.05, 0) is 45.3 Å². The molecule has 1 fully saturated rings. The van der Waals surface area contributed by atoms with Crippen molar-refractivity contribution in [1.82, 2.24) is 9.80 Å². The van der Waals surface area contributed by atoms with Crippen LogP contribution >= 0.6 is 0 Å². The van der Waals surface area contributed by atoms with Gasteiger partial charge in [0, 0.05) is 25.6 Å². The molecule has 0 aromatic heterocycles. The molecule has 1 saturated heterocycles. The lowest BCUT2D eigenvalue weighted by molar-refractivity contribution is -0.130. The quantitative estimate of drug-likeness (QED) is 0.763. The van der Waals surface area contributed by atoms with E-state index >= 15 is 0 Å². The molecule has 19 heavy (non-hydrogen) atoms. The van der Waals surface area contributed by atoms with Gasteiger partial charge in [0.25, 0.3) is 0 Å². The first-order valence-corrected chi connectivity index (χ1v) is 7.63. The lowest BCUT2D eigenvalue weighted by Gasteiger charge is -2.22. The molecule has 4 nitrogen and oxygen atoms in total. The van der Waals surface area contributed by atoms with Crippen molar-refractivity contribution in [2.75, 3.05) is 33.7 Å². The average molecular weight is 269 g/mol. The molecule has 3 unspecified atom stereocenters. The van der Waals surface area contributed by atoms with Crippen LogP contribution in [0.25, 0.3) is 0 Å². The molecular weight excluding hydrogens is 238 g/mol. The molecular formula is C15H31N3O. The summed E-state index contributed by atoms with van der Waals surface area (Å²) in [6.45, 7) is 6.96. The van der Waals surface area contributed by atoms with Crippen molar-refractivity contribution in [3.8, 4) is 0 Å². The minimum absolute atomic E-state index is 0.326. The Labute approximate surface area is 118 Å². The Bertz CT molecular complexity index is 281. The van der Waals surface area contributed by atoms with Gasteiger partial charge in [-0.25, -0.2) is 0 Å². The van der Waals surface area contributed by atoms with Crippen LogP contribution in [0.5, 0.6) is 0 Å². The molecule has 1 heterocycles. The number of nitrogens with zero attached hydrogens (tertiary/aromatic N) is 2. The fourth-order valence-corrected chi connectivity index (χ4v) is 3.10. The van der Waals surface area contributed by atoms with E-state index in [1.54, 1.807) is 0 Å². The lowest BCUT2D eigenvalue weighted by Crippen LogP contribution is -2.35.